The van der Waals surface area contributed by atoms with Gasteiger partial charge in [0.15, 0.2) is 5.78 Å². The summed E-state index contributed by atoms with van der Waals surface area (Å²) in [6.07, 6.45) is 19.7. The number of ether oxygens (including phenoxy) is 4. The largest absolute Gasteiger partial charge is 0.481 e. The first-order valence-electron chi connectivity index (χ1n) is 23.3. The van der Waals surface area contributed by atoms with Crippen LogP contribution in [-0.4, -0.2) is 130 Å². The molecule has 2 saturated carbocycles. The maximum atomic E-state index is 13.1. The molecule has 0 aromatic heterocycles. The van der Waals surface area contributed by atoms with Crippen LogP contribution in [0.2, 0.25) is 0 Å². The summed E-state index contributed by atoms with van der Waals surface area (Å²) >= 11 is 0. The van der Waals surface area contributed by atoms with Crippen molar-refractivity contribution >= 4 is 41.4 Å². The van der Waals surface area contributed by atoms with E-state index in [1.807, 2.05) is 0 Å². The molecule has 356 valence electrons. The van der Waals surface area contributed by atoms with Crippen LogP contribution in [0.25, 0.3) is 0 Å². The van der Waals surface area contributed by atoms with E-state index < -0.39 is 23.4 Å². The van der Waals surface area contributed by atoms with Gasteiger partial charge in [-0.05, 0) is 57.8 Å². The number of Topliss-reactive ketones (excluding diaryl/α,β-unsaturated/α-hetero) is 1. The van der Waals surface area contributed by atoms with Crippen molar-refractivity contribution < 1.29 is 62.7 Å². The van der Waals surface area contributed by atoms with E-state index in [-0.39, 0.29) is 100 Å². The molecule has 2 fully saturated rings. The third-order valence-electron chi connectivity index (χ3n) is 11.5. The Morgan fingerprint density at radius 3 is 1.55 bits per heavy atom. The summed E-state index contributed by atoms with van der Waals surface area (Å²) in [6, 6.07) is 0. The molecule has 6 N–H and O–H groups in total. The predicted octanol–water partition coefficient (Wildman–Crippen LogP) is 4.47. The number of carboxylic acids is 2. The number of hydrogen-bond acceptors (Lipinski definition) is 11. The summed E-state index contributed by atoms with van der Waals surface area (Å²) in [5.41, 5.74) is -1.44. The molecule has 2 rings (SSSR count). The Bertz CT molecular complexity index is 1330. The number of rotatable bonds is 40. The molecule has 0 bridgehead atoms. The van der Waals surface area contributed by atoms with Crippen molar-refractivity contribution in [3.8, 4) is 0 Å². The highest BCUT2D eigenvalue weighted by Crippen LogP contribution is 2.46. The molecule has 0 aromatic rings. The minimum Gasteiger partial charge on any atom is -0.481 e. The van der Waals surface area contributed by atoms with Gasteiger partial charge in [0.25, 0.3) is 0 Å². The number of ketones is 1. The minimum absolute atomic E-state index is 0.0292. The second-order valence-electron chi connectivity index (χ2n) is 17.0. The maximum Gasteiger partial charge on any atom is 0.329 e. The van der Waals surface area contributed by atoms with Crippen molar-refractivity contribution in [2.75, 3.05) is 72.5 Å². The van der Waals surface area contributed by atoms with Crippen molar-refractivity contribution in [3.63, 3.8) is 0 Å². The van der Waals surface area contributed by atoms with E-state index in [0.29, 0.717) is 52.2 Å². The minimum atomic E-state index is -1.44. The molecule has 2 aliphatic rings. The summed E-state index contributed by atoms with van der Waals surface area (Å²) in [5.74, 6) is -3.26. The molecule has 0 radical (unpaired) electrons. The van der Waals surface area contributed by atoms with Crippen molar-refractivity contribution in [1.82, 2.24) is 21.3 Å². The molecule has 2 atom stereocenters. The first-order valence-corrected chi connectivity index (χ1v) is 23.3. The fourth-order valence-electron chi connectivity index (χ4n) is 7.72. The molecular formula is C45H78N4O13. The van der Waals surface area contributed by atoms with Gasteiger partial charge < -0.3 is 50.4 Å². The van der Waals surface area contributed by atoms with Crippen LogP contribution in [0, 0.1) is 17.8 Å². The van der Waals surface area contributed by atoms with Crippen LogP contribution in [0.5, 0.6) is 0 Å². The van der Waals surface area contributed by atoms with Gasteiger partial charge in [-0.2, -0.15) is 0 Å². The Kier molecular flexibility index (Phi) is 29.7. The lowest BCUT2D eigenvalue weighted by atomic mass is 9.81. The van der Waals surface area contributed by atoms with Crippen LogP contribution in [-0.2, 0) is 52.5 Å². The Labute approximate surface area is 368 Å². The molecule has 0 heterocycles. The van der Waals surface area contributed by atoms with E-state index in [4.69, 9.17) is 24.1 Å². The van der Waals surface area contributed by atoms with Crippen LogP contribution < -0.4 is 21.3 Å². The van der Waals surface area contributed by atoms with Gasteiger partial charge in [-0.15, -0.1) is 0 Å². The normalized spacial score (nSPS) is 19.3. The summed E-state index contributed by atoms with van der Waals surface area (Å²) in [7, 11) is 0. The highest BCUT2D eigenvalue weighted by atomic mass is 16.5. The smallest absolute Gasteiger partial charge is 0.329 e. The second kappa shape index (κ2) is 33.8. The van der Waals surface area contributed by atoms with Crippen molar-refractivity contribution in [1.29, 1.82) is 0 Å². The zero-order valence-electron chi connectivity index (χ0n) is 37.5. The van der Waals surface area contributed by atoms with E-state index in [1.54, 1.807) is 0 Å². The van der Waals surface area contributed by atoms with Crippen molar-refractivity contribution in [2.24, 2.45) is 17.8 Å². The molecule has 0 aliphatic heterocycles. The van der Waals surface area contributed by atoms with Gasteiger partial charge >= 0.3 is 11.9 Å². The average molecular weight is 883 g/mol. The number of carbonyl (C=O) groups is 7. The summed E-state index contributed by atoms with van der Waals surface area (Å²) in [6.45, 7) is 3.99. The summed E-state index contributed by atoms with van der Waals surface area (Å²) < 4.78 is 21.1. The standard InChI is InChI=1S/C45H78N4O13/c1-35(50)33-61-28-26-60-25-23-47-41(53)34-62-29-27-59-24-22-46-40(52)30-38-31-45(38,44(57)58)49-43(56)37-20-18-36(19-21-37)32-48-39(51)16-14-12-10-8-6-4-2-3-5-7-9-11-13-15-17-42(54)55/h36-38H,2-34H2,1H3,(H,46,52)(H,47,53)(H,48,51)(H,49,56)(H,54,55)(H,57,58). The van der Waals surface area contributed by atoms with Gasteiger partial charge in [0.2, 0.25) is 23.6 Å². The third kappa shape index (κ3) is 26.7. The molecule has 17 heteroatoms. The quantitative estimate of drug-likeness (QED) is 0.0466. The highest BCUT2D eigenvalue weighted by molar-refractivity contribution is 5.92. The van der Waals surface area contributed by atoms with E-state index in [0.717, 1.165) is 51.4 Å². The average Bonchev–Trinajstić information content (AvgIpc) is 3.93. The van der Waals surface area contributed by atoms with Gasteiger partial charge in [0.1, 0.15) is 18.8 Å². The number of carboxylic acid groups (broad SMARTS) is 2. The predicted molar refractivity (Wildman–Crippen MR) is 231 cm³/mol. The Morgan fingerprint density at radius 2 is 1.03 bits per heavy atom. The van der Waals surface area contributed by atoms with E-state index in [2.05, 4.69) is 21.3 Å². The lowest BCUT2D eigenvalue weighted by Crippen LogP contribution is -2.48. The Balaban J connectivity index is 1.43. The number of amides is 4. The molecule has 0 spiro atoms. The number of unbranched alkanes of at least 4 members (excludes halogenated alkanes) is 13. The molecular weight excluding hydrogens is 805 g/mol. The number of aliphatic carboxylic acids is 2. The molecule has 17 nitrogen and oxygen atoms in total. The maximum absolute atomic E-state index is 13.1. The van der Waals surface area contributed by atoms with Gasteiger partial charge in [-0.1, -0.05) is 77.0 Å². The second-order valence-corrected chi connectivity index (χ2v) is 17.0. The van der Waals surface area contributed by atoms with Gasteiger partial charge in [-0.3, -0.25) is 28.8 Å². The van der Waals surface area contributed by atoms with Crippen LogP contribution in [0.3, 0.4) is 0 Å². The third-order valence-corrected chi connectivity index (χ3v) is 11.5. The van der Waals surface area contributed by atoms with Crippen LogP contribution in [0.4, 0.5) is 0 Å². The monoisotopic (exact) mass is 883 g/mol. The zero-order valence-corrected chi connectivity index (χ0v) is 37.5. The molecule has 62 heavy (non-hydrogen) atoms. The highest BCUT2D eigenvalue weighted by Gasteiger charge is 2.62. The number of hydrogen-bond donors (Lipinski definition) is 6. The Morgan fingerprint density at radius 1 is 0.548 bits per heavy atom. The molecule has 2 aliphatic carbocycles. The van der Waals surface area contributed by atoms with Crippen LogP contribution in [0.15, 0.2) is 0 Å². The van der Waals surface area contributed by atoms with Gasteiger partial charge in [0.05, 0.1) is 39.6 Å². The molecule has 4 amide bonds. The SMILES string of the molecule is CC(=O)COCCOCCNC(=O)COCCOCCNC(=O)CC1CC1(NC(=O)C1CCC(CNC(=O)CCCCCCCCCCCCCCCCC(=O)O)CC1)C(=O)O. The summed E-state index contributed by atoms with van der Waals surface area (Å²) in [4.78, 5) is 83.5. The van der Waals surface area contributed by atoms with Gasteiger partial charge in [0, 0.05) is 50.7 Å². The Hall–Kier alpha value is -3.67. The van der Waals surface area contributed by atoms with Crippen molar-refractivity contribution in [2.45, 2.75) is 154 Å². The number of nitrogens with one attached hydrogen (secondary N) is 4. The lowest BCUT2D eigenvalue weighted by molar-refractivity contribution is -0.144. The first-order chi connectivity index (χ1) is 29.9. The first kappa shape index (κ1) is 54.5. The topological polar surface area (TPSA) is 245 Å². The van der Waals surface area contributed by atoms with Gasteiger partial charge in [-0.25, -0.2) is 4.79 Å². The molecule has 0 saturated heterocycles. The van der Waals surface area contributed by atoms with Crippen molar-refractivity contribution in [3.05, 3.63) is 0 Å². The summed E-state index contributed by atoms with van der Waals surface area (Å²) in [5, 5.41) is 29.8. The fourth-order valence-corrected chi connectivity index (χ4v) is 7.72. The zero-order chi connectivity index (χ0) is 45.3. The van der Waals surface area contributed by atoms with E-state index >= 15 is 0 Å². The molecule has 0 aromatic carbocycles. The van der Waals surface area contributed by atoms with E-state index in [9.17, 15) is 38.7 Å². The van der Waals surface area contributed by atoms with Crippen LogP contribution >= 0.6 is 0 Å². The fraction of sp³-hybridized carbons (Fsp3) is 0.844. The molecule has 2 unspecified atom stereocenters. The van der Waals surface area contributed by atoms with Crippen LogP contribution in [0.1, 0.15) is 148 Å². The lowest BCUT2D eigenvalue weighted by Gasteiger charge is -2.29. The van der Waals surface area contributed by atoms with E-state index in [1.165, 1.54) is 58.3 Å². The number of carbonyl (C=O) groups excluding carboxylic acids is 5.